The highest BCUT2D eigenvalue weighted by Gasteiger charge is 2.32. The van der Waals surface area contributed by atoms with Crippen LogP contribution in [0, 0.1) is 19.8 Å². The number of carbonyl (C=O) groups is 2. The van der Waals surface area contributed by atoms with Crippen molar-refractivity contribution in [2.45, 2.75) is 70.9 Å². The van der Waals surface area contributed by atoms with Crippen LogP contribution in [0.5, 0.6) is 5.75 Å². The minimum atomic E-state index is -4.09. The van der Waals surface area contributed by atoms with E-state index in [1.807, 2.05) is 76.2 Å². The Morgan fingerprint density at radius 2 is 1.69 bits per heavy atom. The smallest absolute Gasteiger partial charge is 0.258 e. The molecule has 2 atom stereocenters. The summed E-state index contributed by atoms with van der Waals surface area (Å²) in [5, 5.41) is 15.1. The Balaban J connectivity index is 1.35. The van der Waals surface area contributed by atoms with E-state index in [1.165, 1.54) is 28.6 Å². The first kappa shape index (κ1) is 39.3. The number of fused-ring (bicyclic) bond motifs is 1. The number of aromatic nitrogens is 1. The van der Waals surface area contributed by atoms with E-state index in [4.69, 9.17) is 4.74 Å². The van der Waals surface area contributed by atoms with E-state index in [9.17, 15) is 23.1 Å². The number of sulfonamides is 1. The lowest BCUT2D eigenvalue weighted by molar-refractivity contribution is -0.124. The molecule has 2 amide bonds. The second-order valence-corrected chi connectivity index (χ2v) is 16.9. The van der Waals surface area contributed by atoms with E-state index in [-0.39, 0.29) is 42.8 Å². The third kappa shape index (κ3) is 10.2. The average Bonchev–Trinajstić information content (AvgIpc) is 3.77. The maximum absolute atomic E-state index is 14.3. The molecule has 1 aliphatic rings. The fraction of sp³-hybridized carbons (Fsp3) is 0.462. The number of anilines is 1. The highest BCUT2D eigenvalue weighted by molar-refractivity contribution is 7.89. The quantitative estimate of drug-likeness (QED) is 0.151. The van der Waals surface area contributed by atoms with Crippen LogP contribution in [0.1, 0.15) is 50.3 Å². The minimum absolute atomic E-state index is 0.0478. The molecule has 1 saturated heterocycles. The summed E-state index contributed by atoms with van der Waals surface area (Å²) >= 11 is 1.29. The molecule has 0 unspecified atom stereocenters. The van der Waals surface area contributed by atoms with Crippen molar-refractivity contribution in [3.8, 4) is 5.75 Å². The predicted molar refractivity (Wildman–Crippen MR) is 206 cm³/mol. The summed E-state index contributed by atoms with van der Waals surface area (Å²) in [6, 6.07) is 19.2. The number of aryl methyl sites for hydroxylation is 2. The molecule has 4 aromatic rings. The number of carbonyl (C=O) groups excluding carboxylic acids is 2. The molecule has 0 bridgehead atoms. The molecule has 0 radical (unpaired) electrons. The number of aliphatic hydroxyl groups is 1. The first-order chi connectivity index (χ1) is 24.8. The lowest BCUT2D eigenvalue weighted by Crippen LogP contribution is -2.52. The van der Waals surface area contributed by atoms with Crippen LogP contribution >= 0.6 is 11.3 Å². The van der Waals surface area contributed by atoms with Gasteiger partial charge >= 0.3 is 0 Å². The van der Waals surface area contributed by atoms with Gasteiger partial charge in [-0.15, -0.1) is 0 Å². The number of thiazole rings is 1. The Bertz CT molecular complexity index is 1910. The maximum atomic E-state index is 14.3. The summed E-state index contributed by atoms with van der Waals surface area (Å²) in [6.45, 7) is 12.2. The van der Waals surface area contributed by atoms with Crippen LogP contribution in [-0.4, -0.2) is 97.5 Å². The molecule has 52 heavy (non-hydrogen) atoms. The zero-order valence-corrected chi connectivity index (χ0v) is 32.4. The van der Waals surface area contributed by atoms with Crippen molar-refractivity contribution in [3.63, 3.8) is 0 Å². The number of hydrogen-bond acceptors (Lipinski definition) is 9. The predicted octanol–water partition coefficient (Wildman–Crippen LogP) is 5.18. The number of rotatable bonds is 17. The van der Waals surface area contributed by atoms with Crippen LogP contribution in [0.4, 0.5) is 5.13 Å². The molecule has 5 rings (SSSR count). The van der Waals surface area contributed by atoms with E-state index in [0.29, 0.717) is 27.6 Å². The van der Waals surface area contributed by atoms with Gasteiger partial charge in [0.1, 0.15) is 5.75 Å². The Labute approximate surface area is 311 Å². The number of likely N-dealkylation sites (tertiary alicyclic amines) is 1. The second-order valence-electron chi connectivity index (χ2n) is 14.0. The number of benzene rings is 3. The lowest BCUT2D eigenvalue weighted by Gasteiger charge is -2.30. The summed E-state index contributed by atoms with van der Waals surface area (Å²) in [4.78, 5) is 34.6. The van der Waals surface area contributed by atoms with E-state index in [1.54, 1.807) is 17.0 Å². The fourth-order valence-corrected chi connectivity index (χ4v) is 9.33. The van der Waals surface area contributed by atoms with Gasteiger partial charge in [-0.2, -0.15) is 4.31 Å². The Kier molecular flexibility index (Phi) is 13.4. The highest BCUT2D eigenvalue weighted by atomic mass is 32.2. The van der Waals surface area contributed by atoms with E-state index >= 15 is 0 Å². The Morgan fingerprint density at radius 3 is 2.35 bits per heavy atom. The van der Waals surface area contributed by atoms with Gasteiger partial charge in [0.05, 0.1) is 27.3 Å². The molecule has 3 aromatic carbocycles. The molecule has 13 heteroatoms. The number of nitrogens with one attached hydrogen (secondary N) is 1. The van der Waals surface area contributed by atoms with Gasteiger partial charge < -0.3 is 20.1 Å². The van der Waals surface area contributed by atoms with Crippen molar-refractivity contribution in [1.29, 1.82) is 0 Å². The lowest BCUT2D eigenvalue weighted by atomic mass is 10.0. The molecule has 1 aliphatic heterocycles. The zero-order chi connectivity index (χ0) is 37.4. The number of ether oxygens (including phenoxy) is 1. The first-order valence-corrected chi connectivity index (χ1v) is 20.2. The van der Waals surface area contributed by atoms with Gasteiger partial charge in [-0.25, -0.2) is 13.4 Å². The number of para-hydroxylation sites is 1. The van der Waals surface area contributed by atoms with E-state index in [0.717, 1.165) is 49.2 Å². The van der Waals surface area contributed by atoms with Crippen LogP contribution in [0.15, 0.2) is 71.6 Å². The molecule has 0 spiro atoms. The summed E-state index contributed by atoms with van der Waals surface area (Å²) in [6.07, 6.45) is 1.37. The largest absolute Gasteiger partial charge is 0.483 e. The molecule has 0 aliphatic carbocycles. The van der Waals surface area contributed by atoms with Gasteiger partial charge in [-0.3, -0.25) is 14.5 Å². The molecular formula is C39H51N5O6S2. The summed E-state index contributed by atoms with van der Waals surface area (Å²) < 4.78 is 36.4. The molecule has 1 fully saturated rings. The topological polar surface area (TPSA) is 132 Å². The number of amides is 2. The monoisotopic (exact) mass is 749 g/mol. The minimum Gasteiger partial charge on any atom is -0.483 e. The molecule has 2 heterocycles. The van der Waals surface area contributed by atoms with Crippen molar-refractivity contribution in [2.75, 3.05) is 50.8 Å². The Hall–Kier alpha value is -3.88. The molecule has 2 N–H and O–H groups in total. The van der Waals surface area contributed by atoms with Crippen molar-refractivity contribution >= 4 is 48.5 Å². The summed E-state index contributed by atoms with van der Waals surface area (Å²) in [7, 11) is -4.09. The molecule has 280 valence electrons. The summed E-state index contributed by atoms with van der Waals surface area (Å²) in [5.41, 5.74) is 3.30. The van der Waals surface area contributed by atoms with Crippen molar-refractivity contribution in [1.82, 2.24) is 19.5 Å². The number of nitrogens with zero attached hydrogens (tertiary/aromatic N) is 4. The van der Waals surface area contributed by atoms with Crippen LogP contribution < -0.4 is 15.0 Å². The van der Waals surface area contributed by atoms with Crippen molar-refractivity contribution in [3.05, 3.63) is 83.4 Å². The van der Waals surface area contributed by atoms with Crippen molar-refractivity contribution < 1.29 is 27.9 Å². The first-order valence-electron chi connectivity index (χ1n) is 17.9. The van der Waals surface area contributed by atoms with Gasteiger partial charge in [-0.1, -0.05) is 73.7 Å². The number of hydrogen-bond donors (Lipinski definition) is 2. The van der Waals surface area contributed by atoms with Gasteiger partial charge in [-0.05, 0) is 87.0 Å². The molecule has 1 aromatic heterocycles. The van der Waals surface area contributed by atoms with E-state index in [2.05, 4.69) is 15.2 Å². The van der Waals surface area contributed by atoms with Crippen LogP contribution in [-0.2, 0) is 26.0 Å². The molecule has 11 nitrogen and oxygen atoms in total. The number of aliphatic hydroxyl groups excluding tert-OH is 1. The highest BCUT2D eigenvalue weighted by Crippen LogP contribution is 2.32. The third-order valence-corrected chi connectivity index (χ3v) is 12.1. The normalized spacial score (nSPS) is 14.9. The third-order valence-electron chi connectivity index (χ3n) is 9.26. The Morgan fingerprint density at radius 1 is 1.00 bits per heavy atom. The summed E-state index contributed by atoms with van der Waals surface area (Å²) in [5.74, 6) is 0.0473. The van der Waals surface area contributed by atoms with Crippen molar-refractivity contribution in [2.24, 2.45) is 5.92 Å². The SMILES string of the molecule is CC(=O)N(CCN1CCCC1)c1nc2ccc(S(=O)(=O)N(CC(C)C)C[C@@H](O)[C@H](Cc3ccccc3)NC(=O)COc3c(C)cccc3C)cc2s1. The average molecular weight is 750 g/mol. The van der Waals surface area contributed by atoms with Crippen LogP contribution in [0.25, 0.3) is 10.2 Å². The zero-order valence-electron chi connectivity index (χ0n) is 30.7. The van der Waals surface area contributed by atoms with Crippen LogP contribution in [0.2, 0.25) is 0 Å². The van der Waals surface area contributed by atoms with E-state index < -0.39 is 28.1 Å². The maximum Gasteiger partial charge on any atom is 0.258 e. The second kappa shape index (κ2) is 17.8. The standard InChI is InChI=1S/C39H51N5O6S2/c1-27(2)24-43(25-35(46)34(22-31-14-7-6-8-15-31)40-37(47)26-50-38-28(3)12-11-13-29(38)4)52(48,49)32-16-17-33-36(23-32)51-39(41-33)44(30(5)45)21-20-42-18-9-10-19-42/h6-8,11-17,23,27,34-35,46H,9-10,18-22,24-26H2,1-5H3,(H,40,47)/t34-,35+/m0/s1. The van der Waals surface area contributed by atoms with Gasteiger partial charge in [0, 0.05) is 33.1 Å². The van der Waals surface area contributed by atoms with Gasteiger partial charge in [0.15, 0.2) is 11.7 Å². The van der Waals surface area contributed by atoms with Gasteiger partial charge in [0.2, 0.25) is 15.9 Å². The fourth-order valence-electron chi connectivity index (χ4n) is 6.53. The molecular weight excluding hydrogens is 699 g/mol. The molecule has 0 saturated carbocycles. The van der Waals surface area contributed by atoms with Gasteiger partial charge in [0.25, 0.3) is 5.91 Å². The van der Waals surface area contributed by atoms with Crippen LogP contribution in [0.3, 0.4) is 0 Å².